The quantitative estimate of drug-likeness (QED) is 0.0353. The Balaban J connectivity index is 1.96. The van der Waals surface area contributed by atoms with Crippen LogP contribution >= 0.6 is 11.3 Å². The first-order chi connectivity index (χ1) is 37.5. The molecule has 5 amide bonds. The summed E-state index contributed by atoms with van der Waals surface area (Å²) in [5, 5.41) is 28.0. The fourth-order valence-electron chi connectivity index (χ4n) is 8.50. The van der Waals surface area contributed by atoms with Crippen LogP contribution < -0.4 is 16.0 Å². The molecule has 2 aromatic rings. The van der Waals surface area contributed by atoms with Crippen LogP contribution in [0.25, 0.3) is 0 Å². The van der Waals surface area contributed by atoms with E-state index in [0.717, 1.165) is 16.9 Å². The molecule has 2 rings (SSSR count). The third-order valence-electron chi connectivity index (χ3n) is 13.0. The van der Waals surface area contributed by atoms with Crippen LogP contribution in [0.15, 0.2) is 35.7 Å². The van der Waals surface area contributed by atoms with Crippen molar-refractivity contribution in [3.63, 3.8) is 0 Å². The van der Waals surface area contributed by atoms with Gasteiger partial charge in [0.1, 0.15) is 10.7 Å². The van der Waals surface area contributed by atoms with Crippen molar-refractivity contribution in [1.29, 1.82) is 0 Å². The minimum Gasteiger partial charge on any atom is -0.481 e. The molecule has 0 radical (unpaired) electrons. The van der Waals surface area contributed by atoms with Gasteiger partial charge in [0.2, 0.25) is 11.8 Å². The van der Waals surface area contributed by atoms with Crippen LogP contribution in [0.5, 0.6) is 0 Å². The molecule has 23 heteroatoms. The number of ether oxygens (including phenoxy) is 5. The summed E-state index contributed by atoms with van der Waals surface area (Å²) in [7, 11) is 3.23. The molecular weight excluding hydrogens is 1040 g/mol. The fraction of sp³-hybridized carbons (Fsp3) is 0.643. The molecule has 0 saturated heterocycles. The molecule has 0 saturated carbocycles. The van der Waals surface area contributed by atoms with Crippen molar-refractivity contribution in [2.24, 2.45) is 29.6 Å². The minimum atomic E-state index is -0.980. The van der Waals surface area contributed by atoms with Gasteiger partial charge in [0.25, 0.3) is 17.7 Å². The Labute approximate surface area is 468 Å². The molecule has 22 nitrogen and oxygen atoms in total. The van der Waals surface area contributed by atoms with E-state index in [1.165, 1.54) is 11.8 Å². The lowest BCUT2D eigenvalue weighted by Crippen LogP contribution is -2.49. The highest BCUT2D eigenvalue weighted by molar-refractivity contribution is 7.09. The van der Waals surface area contributed by atoms with E-state index in [1.54, 1.807) is 31.3 Å². The van der Waals surface area contributed by atoms with Crippen molar-refractivity contribution in [3.05, 3.63) is 52.0 Å². The second-order valence-corrected chi connectivity index (χ2v) is 20.9. The molecule has 0 bridgehead atoms. The maximum atomic E-state index is 14.7. The highest BCUT2D eigenvalue weighted by Crippen LogP contribution is 2.33. The van der Waals surface area contributed by atoms with Crippen molar-refractivity contribution in [2.75, 3.05) is 80.0 Å². The average molecular weight is 1130 g/mol. The van der Waals surface area contributed by atoms with Gasteiger partial charge in [0.15, 0.2) is 11.9 Å². The van der Waals surface area contributed by atoms with Crippen LogP contribution in [-0.2, 0) is 68.5 Å². The number of nitrogens with one attached hydrogen (secondary N) is 3. The Bertz CT molecular complexity index is 2320. The van der Waals surface area contributed by atoms with Crippen molar-refractivity contribution in [2.45, 2.75) is 125 Å². The molecule has 0 aliphatic carbocycles. The zero-order chi connectivity index (χ0) is 59.0. The lowest BCUT2D eigenvalue weighted by atomic mass is 9.82. The number of Topliss-reactive ketones (excluding diaryl/α,β-unsaturated/α-hetero) is 1. The maximum Gasteiger partial charge on any atom is 0.306 e. The number of aromatic nitrogens is 1. The van der Waals surface area contributed by atoms with Crippen LogP contribution in [0.1, 0.15) is 121 Å². The van der Waals surface area contributed by atoms with E-state index in [9.17, 15) is 48.3 Å². The number of carbonyl (C=O) groups excluding carboxylic acids is 7. The topological polar surface area (TPSA) is 296 Å². The fourth-order valence-corrected chi connectivity index (χ4v) is 9.34. The van der Waals surface area contributed by atoms with Gasteiger partial charge in [-0.25, -0.2) is 4.98 Å². The maximum absolute atomic E-state index is 14.7. The molecule has 5 N–H and O–H groups in total. The molecule has 0 spiro atoms. The molecule has 7 atom stereocenters. The number of rotatable bonds is 39. The molecule has 1 aromatic heterocycles. The highest BCUT2D eigenvalue weighted by atomic mass is 32.1. The summed E-state index contributed by atoms with van der Waals surface area (Å²) in [6, 6.07) is 7.56. The van der Waals surface area contributed by atoms with Crippen LogP contribution in [-0.4, -0.2) is 176 Å². The van der Waals surface area contributed by atoms with Crippen molar-refractivity contribution >= 4 is 64.6 Å². The lowest BCUT2D eigenvalue weighted by molar-refractivity contribution is -0.150. The first kappa shape index (κ1) is 68.8. The van der Waals surface area contributed by atoms with Crippen molar-refractivity contribution in [1.82, 2.24) is 30.7 Å². The molecule has 1 heterocycles. The number of benzene rings is 1. The van der Waals surface area contributed by atoms with E-state index < -0.39 is 71.7 Å². The summed E-state index contributed by atoms with van der Waals surface area (Å²) in [6.07, 6.45) is 0.140. The van der Waals surface area contributed by atoms with E-state index in [2.05, 4.69) is 32.8 Å². The number of esters is 1. The number of carbonyl (C=O) groups is 9. The number of hydrogen-bond donors (Lipinski definition) is 5. The van der Waals surface area contributed by atoms with E-state index in [1.807, 2.05) is 71.9 Å². The molecule has 0 aliphatic rings. The number of thiazole rings is 1. The van der Waals surface area contributed by atoms with Gasteiger partial charge in [-0.3, -0.25) is 43.2 Å². The Morgan fingerprint density at radius 3 is 1.78 bits per heavy atom. The van der Waals surface area contributed by atoms with Gasteiger partial charge in [0, 0.05) is 82.2 Å². The largest absolute Gasteiger partial charge is 0.481 e. The minimum absolute atomic E-state index is 0.0182. The zero-order valence-electron chi connectivity index (χ0n) is 47.5. The zero-order valence-corrected chi connectivity index (χ0v) is 48.4. The van der Waals surface area contributed by atoms with Gasteiger partial charge in [-0.05, 0) is 36.2 Å². The highest BCUT2D eigenvalue weighted by Gasteiger charge is 2.39. The third-order valence-corrected chi connectivity index (χ3v) is 13.9. The SMILES string of the molecule is CC[C@H](C)[C@H](CC(=O)[C@H](C(C)C)N(C)C(=O)CCOCCOCCNC(=O)C#CC(=O)NCCOCCOCCC(=O)O)C(=O)N(C)[C@H](C[C@@H](OC(C)=O)c1nc(C(=O)N[C@@H](Cc2ccccc2)CC(C)C(=O)O)cs1)C(C)C. The molecular formula is C56H84N6O16S. The normalized spacial score (nSPS) is 13.8. The van der Waals surface area contributed by atoms with Crippen LogP contribution in [0.2, 0.25) is 0 Å². The first-order valence-corrected chi connectivity index (χ1v) is 27.7. The van der Waals surface area contributed by atoms with Gasteiger partial charge in [-0.15, -0.1) is 11.3 Å². The third kappa shape index (κ3) is 26.9. The van der Waals surface area contributed by atoms with Gasteiger partial charge < -0.3 is 59.6 Å². The molecule has 1 aromatic carbocycles. The number of ketones is 1. The second-order valence-electron chi connectivity index (χ2n) is 20.0. The standard InChI is InChI=1S/C56H84N6O16S/c1-11-38(6)43(33-46(64)52(37(4)5)62(10)50(67)19-23-74-27-29-76-25-21-57-48(65)17-18-49(66)58-22-26-77-30-28-75-24-20-51(68)69)55(71)61(9)45(36(2)3)34-47(78-40(8)63)54-60-44(35-79-54)53(70)59-42(31-39(7)56(72)73)32-41-15-13-12-14-16-41/h12-16,35-39,42-43,45,47,52H,11,19-34H2,1-10H3,(H,57,65)(H,58,66)(H,59,70)(H,68,69)(H,72,73)/t38-,39?,42+,43-,45+,47+,52-/m0/s1. The second kappa shape index (κ2) is 37.5. The van der Waals surface area contributed by atoms with Crippen LogP contribution in [0.3, 0.4) is 0 Å². The van der Waals surface area contributed by atoms with Crippen molar-refractivity contribution in [3.8, 4) is 11.8 Å². The van der Waals surface area contributed by atoms with Crippen molar-refractivity contribution < 1.29 is 77.0 Å². The van der Waals surface area contributed by atoms with Gasteiger partial charge in [-0.2, -0.15) is 0 Å². The van der Waals surface area contributed by atoms with E-state index in [-0.39, 0.29) is 139 Å². The molecule has 440 valence electrons. The summed E-state index contributed by atoms with van der Waals surface area (Å²) < 4.78 is 27.2. The Kier molecular flexibility index (Phi) is 32.7. The van der Waals surface area contributed by atoms with E-state index >= 15 is 0 Å². The van der Waals surface area contributed by atoms with Crippen LogP contribution in [0, 0.1) is 41.4 Å². The Morgan fingerprint density at radius 1 is 0.722 bits per heavy atom. The van der Waals surface area contributed by atoms with Gasteiger partial charge in [0.05, 0.1) is 77.7 Å². The van der Waals surface area contributed by atoms with Gasteiger partial charge >= 0.3 is 17.9 Å². The smallest absolute Gasteiger partial charge is 0.306 e. The molecule has 79 heavy (non-hydrogen) atoms. The van der Waals surface area contributed by atoms with E-state index in [4.69, 9.17) is 28.8 Å². The summed E-state index contributed by atoms with van der Waals surface area (Å²) in [5.41, 5.74) is 0.999. The number of hydrogen-bond acceptors (Lipinski definition) is 16. The number of amides is 5. The number of carboxylic acid groups (broad SMARTS) is 2. The van der Waals surface area contributed by atoms with E-state index in [0.29, 0.717) is 17.8 Å². The first-order valence-electron chi connectivity index (χ1n) is 26.8. The molecule has 0 aliphatic heterocycles. The number of nitrogens with zero attached hydrogens (tertiary/aromatic N) is 3. The summed E-state index contributed by atoms with van der Waals surface area (Å²) in [5.74, 6) is -2.98. The number of carboxylic acids is 2. The predicted octanol–water partition coefficient (Wildman–Crippen LogP) is 4.34. The number of aliphatic carboxylic acids is 2. The predicted molar refractivity (Wildman–Crippen MR) is 293 cm³/mol. The summed E-state index contributed by atoms with van der Waals surface area (Å²) in [4.78, 5) is 122. The molecule has 0 fully saturated rings. The molecule has 1 unspecified atom stereocenters. The van der Waals surface area contributed by atoms with Gasteiger partial charge in [-0.1, -0.05) is 85.2 Å². The Morgan fingerprint density at radius 2 is 1.28 bits per heavy atom. The van der Waals surface area contributed by atoms with Crippen LogP contribution in [0.4, 0.5) is 0 Å². The average Bonchev–Trinajstić information content (AvgIpc) is 3.90. The monoisotopic (exact) mass is 1130 g/mol. The Hall–Kier alpha value is -6.32. The number of likely N-dealkylation sites (N-methyl/N-ethyl adjacent to an activating group) is 1. The summed E-state index contributed by atoms with van der Waals surface area (Å²) >= 11 is 1.13. The lowest BCUT2D eigenvalue weighted by Gasteiger charge is -2.37. The summed E-state index contributed by atoms with van der Waals surface area (Å²) in [6.45, 7) is 15.7.